The summed E-state index contributed by atoms with van der Waals surface area (Å²) in [6.45, 7) is 6.34. The van der Waals surface area contributed by atoms with Crippen LogP contribution in [0.25, 0.3) is 0 Å². The van der Waals surface area contributed by atoms with E-state index in [0.29, 0.717) is 5.82 Å². The molecule has 22 heavy (non-hydrogen) atoms. The average Bonchev–Trinajstić information content (AvgIpc) is 2.83. The number of carbonyl (C=O) groups excluding carboxylic acids is 1. The minimum absolute atomic E-state index is 0.108. The maximum absolute atomic E-state index is 12.0. The zero-order valence-electron chi connectivity index (χ0n) is 12.7. The van der Waals surface area contributed by atoms with Gasteiger partial charge in [0.05, 0.1) is 5.56 Å². The van der Waals surface area contributed by atoms with Crippen LogP contribution in [0.3, 0.4) is 0 Å². The van der Waals surface area contributed by atoms with E-state index in [-0.39, 0.29) is 16.7 Å². The molecule has 0 spiro atoms. The quantitative estimate of drug-likeness (QED) is 0.803. The van der Waals surface area contributed by atoms with E-state index in [0.717, 1.165) is 12.1 Å². The molecule has 0 aliphatic carbocycles. The third-order valence-electron chi connectivity index (χ3n) is 2.84. The molecule has 0 radical (unpaired) electrons. The monoisotopic (exact) mass is 302 g/mol. The number of aromatic nitrogens is 3. The molecule has 0 bridgehead atoms. The lowest BCUT2D eigenvalue weighted by molar-refractivity contribution is 0.0690. The van der Waals surface area contributed by atoms with Crippen LogP contribution in [0.2, 0.25) is 0 Å². The van der Waals surface area contributed by atoms with Crippen LogP contribution in [0.4, 0.5) is 5.82 Å². The molecule has 0 saturated heterocycles. The van der Waals surface area contributed by atoms with E-state index in [2.05, 4.69) is 41.3 Å². The van der Waals surface area contributed by atoms with Gasteiger partial charge in [0.2, 0.25) is 0 Å². The number of hydrogen-bond acceptors (Lipinski definition) is 4. The predicted octanol–water partition coefficient (Wildman–Crippen LogP) is 2.34. The standard InChI is InChI=1S/C15H18N4O3/c1-15(2,3)7-10-6-12(19-18-10)17-13(20)9-4-5-11(14(21)22)16-8-9/h4-6,8H,7H2,1-3H3,(H,21,22)(H2,17,18,19,20). The van der Waals surface area contributed by atoms with Crippen LogP contribution < -0.4 is 5.32 Å². The summed E-state index contributed by atoms with van der Waals surface area (Å²) in [7, 11) is 0. The Morgan fingerprint density at radius 3 is 2.59 bits per heavy atom. The van der Waals surface area contributed by atoms with Crippen LogP contribution in [-0.4, -0.2) is 32.2 Å². The summed E-state index contributed by atoms with van der Waals surface area (Å²) in [5, 5.41) is 18.3. The molecule has 7 heteroatoms. The van der Waals surface area contributed by atoms with Crippen LogP contribution in [-0.2, 0) is 6.42 Å². The first-order valence-corrected chi connectivity index (χ1v) is 6.79. The van der Waals surface area contributed by atoms with Gasteiger partial charge in [-0.3, -0.25) is 9.89 Å². The van der Waals surface area contributed by atoms with E-state index < -0.39 is 11.9 Å². The van der Waals surface area contributed by atoms with E-state index >= 15 is 0 Å². The molecule has 7 nitrogen and oxygen atoms in total. The molecule has 0 fully saturated rings. The second-order valence-corrected chi connectivity index (χ2v) is 6.21. The molecule has 116 valence electrons. The highest BCUT2D eigenvalue weighted by atomic mass is 16.4. The molecule has 1 amide bonds. The number of rotatable bonds is 4. The summed E-state index contributed by atoms with van der Waals surface area (Å²) in [5.74, 6) is -1.10. The number of amides is 1. The number of anilines is 1. The highest BCUT2D eigenvalue weighted by molar-refractivity contribution is 6.03. The number of aromatic amines is 1. The van der Waals surface area contributed by atoms with Crippen molar-refractivity contribution in [2.75, 3.05) is 5.32 Å². The summed E-state index contributed by atoms with van der Waals surface area (Å²) < 4.78 is 0. The van der Waals surface area contributed by atoms with Crippen molar-refractivity contribution in [2.24, 2.45) is 5.41 Å². The smallest absolute Gasteiger partial charge is 0.354 e. The molecule has 2 aromatic heterocycles. The second-order valence-electron chi connectivity index (χ2n) is 6.21. The van der Waals surface area contributed by atoms with Gasteiger partial charge in [-0.15, -0.1) is 0 Å². The molecule has 0 saturated carbocycles. The van der Waals surface area contributed by atoms with Crippen LogP contribution >= 0.6 is 0 Å². The van der Waals surface area contributed by atoms with E-state index in [9.17, 15) is 9.59 Å². The molecule has 2 heterocycles. The summed E-state index contributed by atoms with van der Waals surface area (Å²) in [5.41, 5.74) is 1.21. The largest absolute Gasteiger partial charge is 0.477 e. The number of carbonyl (C=O) groups is 2. The minimum atomic E-state index is -1.13. The first-order valence-electron chi connectivity index (χ1n) is 6.79. The number of aromatic carboxylic acids is 1. The van der Waals surface area contributed by atoms with Gasteiger partial charge in [0.25, 0.3) is 5.91 Å². The van der Waals surface area contributed by atoms with Gasteiger partial charge in [-0.25, -0.2) is 9.78 Å². The van der Waals surface area contributed by atoms with E-state index in [1.807, 2.05) is 0 Å². The van der Waals surface area contributed by atoms with Gasteiger partial charge >= 0.3 is 5.97 Å². The van der Waals surface area contributed by atoms with Crippen molar-refractivity contribution in [3.05, 3.63) is 41.3 Å². The van der Waals surface area contributed by atoms with Crippen molar-refractivity contribution in [3.63, 3.8) is 0 Å². The summed E-state index contributed by atoms with van der Waals surface area (Å²) in [6, 6.07) is 4.48. The lowest BCUT2D eigenvalue weighted by atomic mass is 9.91. The van der Waals surface area contributed by atoms with E-state index in [4.69, 9.17) is 5.11 Å². The number of nitrogens with zero attached hydrogens (tertiary/aromatic N) is 2. The molecule has 3 N–H and O–H groups in total. The summed E-state index contributed by atoms with van der Waals surface area (Å²) in [6.07, 6.45) is 2.03. The normalized spacial score (nSPS) is 11.2. The van der Waals surface area contributed by atoms with Gasteiger partial charge in [-0.1, -0.05) is 20.8 Å². The first kappa shape index (κ1) is 15.7. The Morgan fingerprint density at radius 2 is 2.05 bits per heavy atom. The fraction of sp³-hybridized carbons (Fsp3) is 0.333. The third-order valence-corrected chi connectivity index (χ3v) is 2.84. The van der Waals surface area contributed by atoms with Crippen molar-refractivity contribution < 1.29 is 14.7 Å². The fourth-order valence-electron chi connectivity index (χ4n) is 1.93. The Labute approximate surface area is 127 Å². The number of hydrogen-bond donors (Lipinski definition) is 3. The number of carboxylic acids is 1. The zero-order valence-corrected chi connectivity index (χ0v) is 12.7. The van der Waals surface area contributed by atoms with Crippen LogP contribution in [0.5, 0.6) is 0 Å². The molecule has 0 unspecified atom stereocenters. The number of carboxylic acid groups (broad SMARTS) is 1. The summed E-state index contributed by atoms with van der Waals surface area (Å²) in [4.78, 5) is 26.5. The topological polar surface area (TPSA) is 108 Å². The van der Waals surface area contributed by atoms with Gasteiger partial charge in [-0.2, -0.15) is 5.10 Å². The average molecular weight is 302 g/mol. The zero-order chi connectivity index (χ0) is 16.3. The third kappa shape index (κ3) is 4.15. The Kier molecular flexibility index (Phi) is 4.25. The fourth-order valence-corrected chi connectivity index (χ4v) is 1.93. The maximum atomic E-state index is 12.0. The van der Waals surface area contributed by atoms with Crippen LogP contribution in [0, 0.1) is 5.41 Å². The number of pyridine rings is 1. The molecular formula is C15H18N4O3. The highest BCUT2D eigenvalue weighted by Crippen LogP contribution is 2.20. The van der Waals surface area contributed by atoms with Crippen molar-refractivity contribution in [3.8, 4) is 0 Å². The van der Waals surface area contributed by atoms with Crippen LogP contribution in [0.1, 0.15) is 47.3 Å². The van der Waals surface area contributed by atoms with Gasteiger partial charge in [0.15, 0.2) is 5.82 Å². The number of nitrogens with one attached hydrogen (secondary N) is 2. The molecule has 2 aromatic rings. The highest BCUT2D eigenvalue weighted by Gasteiger charge is 2.15. The van der Waals surface area contributed by atoms with E-state index in [1.165, 1.54) is 18.3 Å². The summed E-state index contributed by atoms with van der Waals surface area (Å²) >= 11 is 0. The molecule has 0 aromatic carbocycles. The Hall–Kier alpha value is -2.70. The Balaban J connectivity index is 2.04. The van der Waals surface area contributed by atoms with E-state index in [1.54, 1.807) is 6.07 Å². The maximum Gasteiger partial charge on any atom is 0.354 e. The van der Waals surface area contributed by atoms with Gasteiger partial charge in [0, 0.05) is 18.0 Å². The minimum Gasteiger partial charge on any atom is -0.477 e. The molecule has 0 aliphatic heterocycles. The molecular weight excluding hydrogens is 284 g/mol. The molecule has 0 aliphatic rings. The number of H-pyrrole nitrogens is 1. The van der Waals surface area contributed by atoms with Crippen molar-refractivity contribution in [1.82, 2.24) is 15.2 Å². The molecule has 0 atom stereocenters. The lowest BCUT2D eigenvalue weighted by Crippen LogP contribution is -2.13. The van der Waals surface area contributed by atoms with Gasteiger partial charge < -0.3 is 10.4 Å². The van der Waals surface area contributed by atoms with Gasteiger partial charge in [-0.05, 0) is 24.0 Å². The van der Waals surface area contributed by atoms with Crippen molar-refractivity contribution >= 4 is 17.7 Å². The first-order chi connectivity index (χ1) is 10.2. The Bertz CT molecular complexity index is 684. The SMILES string of the molecule is CC(C)(C)Cc1cc(NC(=O)c2ccc(C(=O)O)nc2)n[nH]1. The predicted molar refractivity (Wildman–Crippen MR) is 80.9 cm³/mol. The molecule has 2 rings (SSSR count). The van der Waals surface area contributed by atoms with Crippen molar-refractivity contribution in [2.45, 2.75) is 27.2 Å². The lowest BCUT2D eigenvalue weighted by Gasteiger charge is -2.15. The van der Waals surface area contributed by atoms with Crippen molar-refractivity contribution in [1.29, 1.82) is 0 Å². The van der Waals surface area contributed by atoms with Crippen LogP contribution in [0.15, 0.2) is 24.4 Å². The van der Waals surface area contributed by atoms with Gasteiger partial charge in [0.1, 0.15) is 5.69 Å². The Morgan fingerprint density at radius 1 is 1.32 bits per heavy atom. The second kappa shape index (κ2) is 5.97.